The van der Waals surface area contributed by atoms with Crippen LogP contribution in [0.15, 0.2) is 30.3 Å². The number of hydrogen-bond donors (Lipinski definition) is 1. The van der Waals surface area contributed by atoms with E-state index in [1.165, 1.54) is 11.6 Å². The third-order valence-electron chi connectivity index (χ3n) is 2.76. The Labute approximate surface area is 115 Å². The number of aromatic carboxylic acids is 1. The Morgan fingerprint density at radius 3 is 2.50 bits per heavy atom. The summed E-state index contributed by atoms with van der Waals surface area (Å²) in [4.78, 5) is 11.1. The van der Waals surface area contributed by atoms with Crippen LogP contribution in [-0.4, -0.2) is 40.2 Å². The number of carboxylic acids is 1. The second kappa shape index (κ2) is 5.41. The lowest BCUT2D eigenvalue weighted by Crippen LogP contribution is -2.14. The molecule has 0 aliphatic heterocycles. The second-order valence-corrected chi connectivity index (χ2v) is 6.47. The molecule has 2 rings (SSSR count). The minimum Gasteiger partial charge on any atom is -0.476 e. The van der Waals surface area contributed by atoms with Crippen molar-refractivity contribution < 1.29 is 18.3 Å². The van der Waals surface area contributed by atoms with Crippen molar-refractivity contribution in [1.29, 1.82) is 0 Å². The van der Waals surface area contributed by atoms with E-state index in [0.717, 1.165) is 0 Å². The maximum Gasteiger partial charge on any atom is 0.358 e. The first-order valence-corrected chi connectivity index (χ1v) is 7.70. The number of para-hydroxylation sites is 1. The maximum absolute atomic E-state index is 11.8. The van der Waals surface area contributed by atoms with Crippen LogP contribution in [0.3, 0.4) is 0 Å². The van der Waals surface area contributed by atoms with Crippen molar-refractivity contribution in [3.05, 3.63) is 41.7 Å². The highest BCUT2D eigenvalue weighted by atomic mass is 32.2. The first kappa shape index (κ1) is 14.2. The van der Waals surface area contributed by atoms with Crippen LogP contribution in [0.25, 0.3) is 5.69 Å². The molecule has 0 saturated carbocycles. The number of rotatable bonds is 5. The van der Waals surface area contributed by atoms with E-state index in [4.69, 9.17) is 5.11 Å². The summed E-state index contributed by atoms with van der Waals surface area (Å²) in [6, 6.07) is 8.68. The van der Waals surface area contributed by atoms with Crippen molar-refractivity contribution in [2.24, 2.45) is 0 Å². The van der Waals surface area contributed by atoms with Gasteiger partial charge in [0.2, 0.25) is 0 Å². The lowest BCUT2D eigenvalue weighted by atomic mass is 10.3. The minimum absolute atomic E-state index is 0.0607. The molecule has 0 saturated heterocycles. The highest BCUT2D eigenvalue weighted by molar-refractivity contribution is 7.90. The summed E-state index contributed by atoms with van der Waals surface area (Å²) in [6.45, 7) is 1.51. The Morgan fingerprint density at radius 1 is 1.30 bits per heavy atom. The summed E-state index contributed by atoms with van der Waals surface area (Å²) < 4.78 is 24.8. The molecular formula is C12H13N3O4S. The van der Waals surface area contributed by atoms with Gasteiger partial charge in [-0.3, -0.25) is 0 Å². The van der Waals surface area contributed by atoms with E-state index in [2.05, 4.69) is 10.3 Å². The summed E-state index contributed by atoms with van der Waals surface area (Å²) in [6.07, 6.45) is 0. The number of carbonyl (C=O) groups is 1. The molecule has 20 heavy (non-hydrogen) atoms. The molecular weight excluding hydrogens is 282 g/mol. The standard InChI is InChI=1S/C12H13N3O4S/c1-2-20(18,19)8-10-11(12(16)17)13-14-15(10)9-6-4-3-5-7-9/h3-7H,2,8H2,1H3,(H,16,17). The maximum atomic E-state index is 11.8. The number of nitrogens with zero attached hydrogens (tertiary/aromatic N) is 3. The van der Waals surface area contributed by atoms with Crippen LogP contribution >= 0.6 is 0 Å². The van der Waals surface area contributed by atoms with Crippen LogP contribution in [0.1, 0.15) is 23.1 Å². The van der Waals surface area contributed by atoms with Crippen molar-refractivity contribution in [1.82, 2.24) is 15.0 Å². The van der Waals surface area contributed by atoms with Gasteiger partial charge >= 0.3 is 5.97 Å². The fourth-order valence-electron chi connectivity index (χ4n) is 1.68. The topological polar surface area (TPSA) is 102 Å². The molecule has 8 heteroatoms. The molecule has 0 radical (unpaired) electrons. The molecule has 0 bridgehead atoms. The predicted octanol–water partition coefficient (Wildman–Crippen LogP) is 0.900. The third kappa shape index (κ3) is 2.85. The van der Waals surface area contributed by atoms with Crippen molar-refractivity contribution in [2.45, 2.75) is 12.7 Å². The Bertz CT molecular complexity index is 722. The average Bonchev–Trinajstić information content (AvgIpc) is 2.83. The van der Waals surface area contributed by atoms with E-state index in [0.29, 0.717) is 5.69 Å². The number of sulfone groups is 1. The van der Waals surface area contributed by atoms with Crippen LogP contribution in [0.4, 0.5) is 0 Å². The van der Waals surface area contributed by atoms with E-state index in [9.17, 15) is 13.2 Å². The SMILES string of the molecule is CCS(=O)(=O)Cc1c(C(=O)O)nnn1-c1ccccc1. The monoisotopic (exact) mass is 295 g/mol. The summed E-state index contributed by atoms with van der Waals surface area (Å²) in [5, 5.41) is 16.4. The third-order valence-corrected chi connectivity index (χ3v) is 4.36. The smallest absolute Gasteiger partial charge is 0.358 e. The van der Waals surface area contributed by atoms with Crippen molar-refractivity contribution in [2.75, 3.05) is 5.75 Å². The Hall–Kier alpha value is -2.22. The largest absolute Gasteiger partial charge is 0.476 e. The van der Waals surface area contributed by atoms with Gasteiger partial charge in [-0.2, -0.15) is 0 Å². The summed E-state index contributed by atoms with van der Waals surface area (Å²) in [5.41, 5.74) is 0.283. The fraction of sp³-hybridized carbons (Fsp3) is 0.250. The molecule has 0 amide bonds. The molecule has 1 N–H and O–H groups in total. The molecule has 1 aromatic heterocycles. The Kier molecular flexibility index (Phi) is 3.84. The molecule has 0 aliphatic rings. The van der Waals surface area contributed by atoms with E-state index < -0.39 is 21.6 Å². The zero-order chi connectivity index (χ0) is 14.8. The van der Waals surface area contributed by atoms with Gasteiger partial charge in [0.15, 0.2) is 15.5 Å². The minimum atomic E-state index is -3.39. The average molecular weight is 295 g/mol. The molecule has 0 atom stereocenters. The van der Waals surface area contributed by atoms with Crippen LogP contribution in [-0.2, 0) is 15.6 Å². The molecule has 106 valence electrons. The van der Waals surface area contributed by atoms with Gasteiger partial charge in [0.05, 0.1) is 17.1 Å². The van der Waals surface area contributed by atoms with Crippen molar-refractivity contribution in [3.63, 3.8) is 0 Å². The normalized spacial score (nSPS) is 11.4. The molecule has 1 heterocycles. The first-order chi connectivity index (χ1) is 9.44. The van der Waals surface area contributed by atoms with Crippen LogP contribution < -0.4 is 0 Å². The van der Waals surface area contributed by atoms with Gasteiger partial charge in [-0.15, -0.1) is 5.10 Å². The van der Waals surface area contributed by atoms with E-state index in [-0.39, 0.29) is 17.1 Å². The van der Waals surface area contributed by atoms with Gasteiger partial charge in [0.25, 0.3) is 0 Å². The zero-order valence-electron chi connectivity index (χ0n) is 10.7. The van der Waals surface area contributed by atoms with E-state index >= 15 is 0 Å². The Morgan fingerprint density at radius 2 is 1.95 bits per heavy atom. The lowest BCUT2D eigenvalue weighted by Gasteiger charge is -2.06. The van der Waals surface area contributed by atoms with E-state index in [1.54, 1.807) is 30.3 Å². The van der Waals surface area contributed by atoms with Gasteiger partial charge in [-0.25, -0.2) is 17.9 Å². The number of carboxylic acid groups (broad SMARTS) is 1. The van der Waals surface area contributed by atoms with Crippen molar-refractivity contribution in [3.8, 4) is 5.69 Å². The molecule has 0 unspecified atom stereocenters. The van der Waals surface area contributed by atoms with Gasteiger partial charge in [0, 0.05) is 5.75 Å². The quantitative estimate of drug-likeness (QED) is 0.879. The first-order valence-electron chi connectivity index (χ1n) is 5.88. The van der Waals surface area contributed by atoms with Crippen LogP contribution in [0.5, 0.6) is 0 Å². The van der Waals surface area contributed by atoms with Crippen LogP contribution in [0, 0.1) is 0 Å². The highest BCUT2D eigenvalue weighted by Gasteiger charge is 2.24. The molecule has 0 aliphatic carbocycles. The molecule has 2 aromatic rings. The van der Waals surface area contributed by atoms with Gasteiger partial charge in [0.1, 0.15) is 0 Å². The predicted molar refractivity (Wildman–Crippen MR) is 71.5 cm³/mol. The van der Waals surface area contributed by atoms with E-state index in [1.807, 2.05) is 0 Å². The molecule has 7 nitrogen and oxygen atoms in total. The van der Waals surface area contributed by atoms with Crippen LogP contribution in [0.2, 0.25) is 0 Å². The molecule has 0 spiro atoms. The van der Waals surface area contributed by atoms with Gasteiger partial charge < -0.3 is 5.11 Å². The zero-order valence-corrected chi connectivity index (χ0v) is 11.5. The van der Waals surface area contributed by atoms with Crippen molar-refractivity contribution >= 4 is 15.8 Å². The summed E-state index contributed by atoms with van der Waals surface area (Å²) in [7, 11) is -3.39. The number of hydrogen-bond acceptors (Lipinski definition) is 5. The lowest BCUT2D eigenvalue weighted by molar-refractivity contribution is 0.0689. The fourth-order valence-corrected chi connectivity index (χ4v) is 2.56. The van der Waals surface area contributed by atoms with Gasteiger partial charge in [-0.1, -0.05) is 30.3 Å². The second-order valence-electron chi connectivity index (χ2n) is 4.11. The molecule has 0 fully saturated rings. The number of benzene rings is 1. The number of aromatic nitrogens is 3. The summed E-state index contributed by atoms with van der Waals surface area (Å²) in [5.74, 6) is -1.78. The molecule has 1 aromatic carbocycles. The Balaban J connectivity index is 2.57. The van der Waals surface area contributed by atoms with Gasteiger partial charge in [-0.05, 0) is 12.1 Å². The summed E-state index contributed by atoms with van der Waals surface area (Å²) >= 11 is 0. The highest BCUT2D eigenvalue weighted by Crippen LogP contribution is 2.16.